The monoisotopic (exact) mass is 454 g/mol. The van der Waals surface area contributed by atoms with Gasteiger partial charge in [-0.1, -0.05) is 25.7 Å². The van der Waals surface area contributed by atoms with Gasteiger partial charge in [-0.05, 0) is 46.0 Å². The smallest absolute Gasteiger partial charge is 0.389 e. The van der Waals surface area contributed by atoms with Gasteiger partial charge in [0, 0.05) is 36.2 Å². The van der Waals surface area contributed by atoms with E-state index in [0.29, 0.717) is 38.0 Å². The Hall–Kier alpha value is -0.760. The number of esters is 1. The van der Waals surface area contributed by atoms with Crippen LogP contribution in [0.25, 0.3) is 0 Å². The van der Waals surface area contributed by atoms with Crippen LogP contribution in [0.3, 0.4) is 0 Å². The molecule has 3 unspecified atom stereocenters. The summed E-state index contributed by atoms with van der Waals surface area (Å²) in [6, 6.07) is 0. The molecule has 0 aliphatic heterocycles. The molecule has 0 spiro atoms. The SMILES string of the molecule is CCOC(=O)CCCCCCC1C(=O)CCC1SCC(C)(O)CCCCC(F)(F)F. The fraction of sp³-hybridized carbons (Fsp3) is 0.909. The lowest BCUT2D eigenvalue weighted by Gasteiger charge is -2.26. The predicted molar refractivity (Wildman–Crippen MR) is 113 cm³/mol. The highest BCUT2D eigenvalue weighted by molar-refractivity contribution is 8.00. The molecular formula is C22H37F3O4S. The van der Waals surface area contributed by atoms with Gasteiger partial charge in [0.2, 0.25) is 0 Å². The number of ether oxygens (including phenoxy) is 1. The van der Waals surface area contributed by atoms with Gasteiger partial charge in [0.05, 0.1) is 12.2 Å². The highest BCUT2D eigenvalue weighted by Crippen LogP contribution is 2.38. The maximum Gasteiger partial charge on any atom is 0.389 e. The number of unbranched alkanes of at least 4 members (excludes halogenated alkanes) is 4. The summed E-state index contributed by atoms with van der Waals surface area (Å²) >= 11 is 1.59. The number of ketones is 1. The molecule has 0 amide bonds. The van der Waals surface area contributed by atoms with Crippen LogP contribution in [0, 0.1) is 5.92 Å². The van der Waals surface area contributed by atoms with E-state index in [-0.39, 0.29) is 29.3 Å². The summed E-state index contributed by atoms with van der Waals surface area (Å²) in [4.78, 5) is 23.6. The van der Waals surface area contributed by atoms with Gasteiger partial charge in [0.25, 0.3) is 0 Å². The molecule has 176 valence electrons. The first-order valence-electron chi connectivity index (χ1n) is 11.1. The van der Waals surface area contributed by atoms with Crippen molar-refractivity contribution in [3.8, 4) is 0 Å². The average Bonchev–Trinajstić information content (AvgIpc) is 2.99. The first-order chi connectivity index (χ1) is 14.0. The molecule has 0 radical (unpaired) electrons. The Morgan fingerprint density at radius 3 is 2.47 bits per heavy atom. The summed E-state index contributed by atoms with van der Waals surface area (Å²) in [5.74, 6) is 0.558. The van der Waals surface area contributed by atoms with Gasteiger partial charge in [0.15, 0.2) is 0 Å². The Bertz CT molecular complexity index is 523. The fourth-order valence-corrected chi connectivity index (χ4v) is 5.36. The second-order valence-electron chi connectivity index (χ2n) is 8.54. The van der Waals surface area contributed by atoms with Gasteiger partial charge < -0.3 is 9.84 Å². The van der Waals surface area contributed by atoms with Crippen molar-refractivity contribution < 1.29 is 32.6 Å². The molecule has 1 aliphatic carbocycles. The lowest BCUT2D eigenvalue weighted by molar-refractivity contribution is -0.143. The number of hydrogen-bond donors (Lipinski definition) is 1. The maximum atomic E-state index is 12.3. The molecule has 0 aromatic carbocycles. The average molecular weight is 455 g/mol. The van der Waals surface area contributed by atoms with Crippen molar-refractivity contribution in [1.29, 1.82) is 0 Å². The minimum absolute atomic E-state index is 0.00101. The first kappa shape index (κ1) is 27.3. The number of carbonyl (C=O) groups is 2. The molecule has 0 bridgehead atoms. The largest absolute Gasteiger partial charge is 0.466 e. The van der Waals surface area contributed by atoms with E-state index in [1.54, 1.807) is 25.6 Å². The third-order valence-electron chi connectivity index (χ3n) is 5.52. The predicted octanol–water partition coefficient (Wildman–Crippen LogP) is 5.84. The Labute approximate surface area is 182 Å². The van der Waals surface area contributed by atoms with E-state index in [2.05, 4.69) is 0 Å². The quantitative estimate of drug-likeness (QED) is 0.249. The maximum absolute atomic E-state index is 12.3. The molecule has 0 aromatic heterocycles. The number of Topliss-reactive ketones (excluding diaryl/α,β-unsaturated/α-hetero) is 1. The second kappa shape index (κ2) is 13.6. The van der Waals surface area contributed by atoms with Gasteiger partial charge in [0.1, 0.15) is 5.78 Å². The molecule has 3 atom stereocenters. The first-order valence-corrected chi connectivity index (χ1v) is 12.2. The third-order valence-corrected chi connectivity index (χ3v) is 7.30. The summed E-state index contributed by atoms with van der Waals surface area (Å²) < 4.78 is 41.6. The molecule has 0 heterocycles. The summed E-state index contributed by atoms with van der Waals surface area (Å²) in [7, 11) is 0. The number of carbonyl (C=O) groups excluding carboxylic acids is 2. The van der Waals surface area contributed by atoms with Crippen molar-refractivity contribution in [2.75, 3.05) is 12.4 Å². The number of thioether (sulfide) groups is 1. The molecule has 1 rings (SSSR count). The van der Waals surface area contributed by atoms with Crippen molar-refractivity contribution in [1.82, 2.24) is 0 Å². The zero-order chi connectivity index (χ0) is 22.6. The van der Waals surface area contributed by atoms with Gasteiger partial charge in [-0.3, -0.25) is 9.59 Å². The van der Waals surface area contributed by atoms with E-state index >= 15 is 0 Å². The Balaban J connectivity index is 2.26. The lowest BCUT2D eigenvalue weighted by atomic mass is 9.98. The van der Waals surface area contributed by atoms with Crippen LogP contribution in [0.5, 0.6) is 0 Å². The lowest BCUT2D eigenvalue weighted by Crippen LogP contribution is -2.29. The molecule has 8 heteroatoms. The van der Waals surface area contributed by atoms with Crippen LogP contribution in [0.4, 0.5) is 13.2 Å². The van der Waals surface area contributed by atoms with Gasteiger partial charge in [-0.25, -0.2) is 0 Å². The zero-order valence-corrected chi connectivity index (χ0v) is 19.1. The van der Waals surface area contributed by atoms with Crippen molar-refractivity contribution in [2.45, 2.75) is 108 Å². The molecule has 4 nitrogen and oxygen atoms in total. The molecule has 1 saturated carbocycles. The molecule has 0 saturated heterocycles. The number of halogens is 3. The van der Waals surface area contributed by atoms with E-state index in [1.807, 2.05) is 0 Å². The zero-order valence-electron chi connectivity index (χ0n) is 18.3. The van der Waals surface area contributed by atoms with Crippen LogP contribution < -0.4 is 0 Å². The van der Waals surface area contributed by atoms with E-state index in [1.165, 1.54) is 0 Å². The fourth-order valence-electron chi connectivity index (χ4n) is 3.84. The number of hydrogen-bond acceptors (Lipinski definition) is 5. The van der Waals surface area contributed by atoms with Crippen LogP contribution in [0.2, 0.25) is 0 Å². The summed E-state index contributed by atoms with van der Waals surface area (Å²) in [6.07, 6.45) is 2.03. The Kier molecular flexibility index (Phi) is 12.4. The van der Waals surface area contributed by atoms with Crippen molar-refractivity contribution >= 4 is 23.5 Å². The van der Waals surface area contributed by atoms with Gasteiger partial charge in [-0.2, -0.15) is 24.9 Å². The van der Waals surface area contributed by atoms with E-state index < -0.39 is 18.2 Å². The van der Waals surface area contributed by atoms with E-state index in [9.17, 15) is 27.9 Å². The summed E-state index contributed by atoms with van der Waals surface area (Å²) in [5, 5.41) is 10.7. The van der Waals surface area contributed by atoms with Crippen molar-refractivity contribution in [2.24, 2.45) is 5.92 Å². The van der Waals surface area contributed by atoms with Gasteiger partial charge >= 0.3 is 12.1 Å². The van der Waals surface area contributed by atoms with Crippen molar-refractivity contribution in [3.63, 3.8) is 0 Å². The van der Waals surface area contributed by atoms with Crippen molar-refractivity contribution in [3.05, 3.63) is 0 Å². The van der Waals surface area contributed by atoms with E-state index in [4.69, 9.17) is 4.74 Å². The molecule has 1 N–H and O–H groups in total. The summed E-state index contributed by atoms with van der Waals surface area (Å²) in [6.45, 7) is 3.86. The standard InChI is InChI=1S/C22H37F3O4S/c1-3-29-20(27)11-7-5-4-6-10-17-18(26)12-13-19(17)30-16-21(2,28)14-8-9-15-22(23,24)25/h17,19,28H,3-16H2,1-2H3. The van der Waals surface area contributed by atoms with Crippen LogP contribution in [0.1, 0.15) is 90.9 Å². The number of alkyl halides is 3. The molecule has 1 fully saturated rings. The number of rotatable bonds is 15. The van der Waals surface area contributed by atoms with Crippen LogP contribution in [-0.4, -0.2) is 46.2 Å². The minimum Gasteiger partial charge on any atom is -0.466 e. The molecular weight excluding hydrogens is 417 g/mol. The summed E-state index contributed by atoms with van der Waals surface area (Å²) in [5.41, 5.74) is -1.01. The molecule has 0 aromatic rings. The normalized spacial score (nSPS) is 21.6. The minimum atomic E-state index is -4.14. The molecule has 1 aliphatic rings. The van der Waals surface area contributed by atoms with Crippen LogP contribution in [-0.2, 0) is 14.3 Å². The Morgan fingerprint density at radius 1 is 1.13 bits per heavy atom. The topological polar surface area (TPSA) is 63.6 Å². The second-order valence-corrected chi connectivity index (χ2v) is 9.77. The highest BCUT2D eigenvalue weighted by Gasteiger charge is 2.36. The number of aliphatic hydroxyl groups is 1. The third kappa shape index (κ3) is 12.2. The van der Waals surface area contributed by atoms with E-state index in [0.717, 1.165) is 38.5 Å². The molecule has 30 heavy (non-hydrogen) atoms. The highest BCUT2D eigenvalue weighted by atomic mass is 32.2. The Morgan fingerprint density at radius 2 is 1.80 bits per heavy atom. The van der Waals surface area contributed by atoms with Crippen LogP contribution in [0.15, 0.2) is 0 Å². The van der Waals surface area contributed by atoms with Gasteiger partial charge in [-0.15, -0.1) is 0 Å². The van der Waals surface area contributed by atoms with Crippen LogP contribution >= 0.6 is 11.8 Å².